The van der Waals surface area contributed by atoms with Crippen LogP contribution in [0.1, 0.15) is 26.7 Å². The van der Waals surface area contributed by atoms with Crippen molar-refractivity contribution in [3.05, 3.63) is 24.5 Å². The monoisotopic (exact) mass is 304 g/mol. The molecule has 8 heteroatoms. The van der Waals surface area contributed by atoms with E-state index < -0.39 is 11.4 Å². The summed E-state index contributed by atoms with van der Waals surface area (Å²) in [6, 6.07) is 3.45. The second-order valence-corrected chi connectivity index (χ2v) is 5.07. The van der Waals surface area contributed by atoms with E-state index in [1.165, 1.54) is 0 Å². The third kappa shape index (κ3) is 3.16. The van der Waals surface area contributed by atoms with Gasteiger partial charge < -0.3 is 16.2 Å². The minimum absolute atomic E-state index is 0.101. The maximum atomic E-state index is 11.5. The number of hydrogen-bond donors (Lipinski definition) is 3. The second-order valence-electron chi connectivity index (χ2n) is 5.07. The van der Waals surface area contributed by atoms with Gasteiger partial charge in [0.1, 0.15) is 5.82 Å². The Morgan fingerprint density at radius 3 is 2.68 bits per heavy atom. The van der Waals surface area contributed by atoms with E-state index in [1.807, 2.05) is 13.8 Å². The summed E-state index contributed by atoms with van der Waals surface area (Å²) < 4.78 is 1.56. The molecule has 0 atom stereocenters. The van der Waals surface area contributed by atoms with Gasteiger partial charge in [-0.15, -0.1) is 0 Å². The number of carbonyl (C=O) groups is 1. The number of carboxylic acids is 1. The highest BCUT2D eigenvalue weighted by Gasteiger charge is 2.34. The van der Waals surface area contributed by atoms with E-state index >= 15 is 0 Å². The van der Waals surface area contributed by atoms with Crippen LogP contribution in [0.25, 0.3) is 5.82 Å². The van der Waals surface area contributed by atoms with Crippen molar-refractivity contribution >= 4 is 17.7 Å². The van der Waals surface area contributed by atoms with Gasteiger partial charge in [-0.05, 0) is 18.9 Å². The molecule has 2 heterocycles. The number of aromatic nitrogens is 4. The summed E-state index contributed by atoms with van der Waals surface area (Å²) in [4.78, 5) is 19.7. The fourth-order valence-electron chi connectivity index (χ4n) is 2.20. The van der Waals surface area contributed by atoms with Crippen molar-refractivity contribution in [2.45, 2.75) is 26.7 Å². The number of nitrogens with two attached hydrogens (primary N) is 1. The second kappa shape index (κ2) is 6.42. The predicted molar refractivity (Wildman–Crippen MR) is 82.7 cm³/mol. The maximum Gasteiger partial charge on any atom is 0.311 e. The Morgan fingerprint density at radius 2 is 2.14 bits per heavy atom. The highest BCUT2D eigenvalue weighted by molar-refractivity contribution is 5.75. The first-order valence-electron chi connectivity index (χ1n) is 7.12. The van der Waals surface area contributed by atoms with Gasteiger partial charge in [0, 0.05) is 25.0 Å². The van der Waals surface area contributed by atoms with Crippen LogP contribution in [0.2, 0.25) is 0 Å². The van der Waals surface area contributed by atoms with E-state index in [0.29, 0.717) is 24.5 Å². The number of anilines is 2. The van der Waals surface area contributed by atoms with Crippen LogP contribution in [0.5, 0.6) is 0 Å². The van der Waals surface area contributed by atoms with Crippen LogP contribution >= 0.6 is 0 Å². The molecule has 4 N–H and O–H groups in total. The van der Waals surface area contributed by atoms with Gasteiger partial charge in [-0.2, -0.15) is 15.1 Å². The molecule has 2 rings (SSSR count). The summed E-state index contributed by atoms with van der Waals surface area (Å²) in [5.41, 5.74) is 4.88. The number of carboxylic acid groups (broad SMARTS) is 1. The van der Waals surface area contributed by atoms with E-state index in [-0.39, 0.29) is 12.5 Å². The van der Waals surface area contributed by atoms with Gasteiger partial charge in [0.15, 0.2) is 5.82 Å². The summed E-state index contributed by atoms with van der Waals surface area (Å²) >= 11 is 0. The zero-order chi connectivity index (χ0) is 16.2. The molecule has 0 aliphatic rings. The Balaban J connectivity index is 2.21. The fourth-order valence-corrected chi connectivity index (χ4v) is 2.20. The van der Waals surface area contributed by atoms with Gasteiger partial charge in [0.2, 0.25) is 5.95 Å². The molecular weight excluding hydrogens is 284 g/mol. The molecule has 22 heavy (non-hydrogen) atoms. The molecule has 0 fully saturated rings. The van der Waals surface area contributed by atoms with Gasteiger partial charge in [-0.25, -0.2) is 4.68 Å². The molecular formula is C14H20N6O2. The Kier molecular flexibility index (Phi) is 4.59. The minimum Gasteiger partial charge on any atom is -0.481 e. The van der Waals surface area contributed by atoms with Crippen LogP contribution in [0.4, 0.5) is 11.8 Å². The SMILES string of the molecule is CCC(CC)(CNc1cc(-n2cccn2)nc(N)n1)C(=O)O. The largest absolute Gasteiger partial charge is 0.481 e. The number of nitrogens with one attached hydrogen (secondary N) is 1. The average molecular weight is 304 g/mol. The molecule has 0 bridgehead atoms. The third-order valence-corrected chi connectivity index (χ3v) is 3.88. The van der Waals surface area contributed by atoms with E-state index in [4.69, 9.17) is 5.73 Å². The lowest BCUT2D eigenvalue weighted by Crippen LogP contribution is -2.37. The van der Waals surface area contributed by atoms with Crippen molar-refractivity contribution in [2.24, 2.45) is 5.41 Å². The lowest BCUT2D eigenvalue weighted by atomic mass is 9.82. The van der Waals surface area contributed by atoms with Crippen molar-refractivity contribution < 1.29 is 9.90 Å². The molecule has 0 spiro atoms. The summed E-state index contributed by atoms with van der Waals surface area (Å²) in [6.07, 6.45) is 4.43. The molecule has 0 aliphatic heterocycles. The Labute approximate surface area is 128 Å². The molecule has 0 aliphatic carbocycles. The Hall–Kier alpha value is -2.64. The van der Waals surface area contributed by atoms with E-state index in [0.717, 1.165) is 0 Å². The number of nitrogen functional groups attached to an aromatic ring is 1. The smallest absolute Gasteiger partial charge is 0.311 e. The van der Waals surface area contributed by atoms with E-state index in [2.05, 4.69) is 20.4 Å². The molecule has 0 saturated heterocycles. The number of rotatable bonds is 7. The van der Waals surface area contributed by atoms with Crippen LogP contribution in [-0.4, -0.2) is 37.4 Å². The van der Waals surface area contributed by atoms with E-state index in [9.17, 15) is 9.90 Å². The quantitative estimate of drug-likeness (QED) is 0.710. The first kappa shape index (κ1) is 15.7. The van der Waals surface area contributed by atoms with Crippen molar-refractivity contribution in [1.82, 2.24) is 19.7 Å². The standard InChI is InChI=1S/C14H20N6O2/c1-3-14(4-2,12(21)22)9-16-10-8-11(19-13(15)18-10)20-7-5-6-17-20/h5-8H,3-4,9H2,1-2H3,(H,21,22)(H3,15,16,18,19). The number of aliphatic carboxylic acids is 1. The first-order valence-corrected chi connectivity index (χ1v) is 7.12. The Morgan fingerprint density at radius 1 is 1.41 bits per heavy atom. The number of hydrogen-bond acceptors (Lipinski definition) is 6. The lowest BCUT2D eigenvalue weighted by molar-refractivity contribution is -0.148. The van der Waals surface area contributed by atoms with Crippen LogP contribution in [0.3, 0.4) is 0 Å². The highest BCUT2D eigenvalue weighted by Crippen LogP contribution is 2.27. The lowest BCUT2D eigenvalue weighted by Gasteiger charge is -2.27. The average Bonchev–Trinajstić information content (AvgIpc) is 3.02. The minimum atomic E-state index is -0.828. The van der Waals surface area contributed by atoms with Gasteiger partial charge in [0.05, 0.1) is 5.41 Å². The van der Waals surface area contributed by atoms with E-state index in [1.54, 1.807) is 29.2 Å². The summed E-state index contributed by atoms with van der Waals surface area (Å²) in [5.74, 6) is 0.281. The van der Waals surface area contributed by atoms with Crippen LogP contribution in [-0.2, 0) is 4.79 Å². The van der Waals surface area contributed by atoms with Crippen molar-refractivity contribution in [1.29, 1.82) is 0 Å². The van der Waals surface area contributed by atoms with Gasteiger partial charge >= 0.3 is 5.97 Å². The third-order valence-electron chi connectivity index (χ3n) is 3.88. The molecule has 2 aromatic rings. The van der Waals surface area contributed by atoms with Gasteiger partial charge in [-0.1, -0.05) is 13.8 Å². The summed E-state index contributed by atoms with van der Waals surface area (Å²) in [7, 11) is 0. The normalized spacial score (nSPS) is 11.4. The van der Waals surface area contributed by atoms with Crippen molar-refractivity contribution in [3.8, 4) is 5.82 Å². The molecule has 0 amide bonds. The van der Waals surface area contributed by atoms with Crippen LogP contribution in [0.15, 0.2) is 24.5 Å². The number of nitrogens with zero attached hydrogens (tertiary/aromatic N) is 4. The zero-order valence-corrected chi connectivity index (χ0v) is 12.7. The fraction of sp³-hybridized carbons (Fsp3) is 0.429. The molecule has 118 valence electrons. The maximum absolute atomic E-state index is 11.5. The molecule has 0 saturated carbocycles. The van der Waals surface area contributed by atoms with Crippen molar-refractivity contribution in [3.63, 3.8) is 0 Å². The van der Waals surface area contributed by atoms with Gasteiger partial charge in [-0.3, -0.25) is 4.79 Å². The summed E-state index contributed by atoms with van der Waals surface area (Å²) in [6.45, 7) is 4.00. The molecule has 0 aromatic carbocycles. The van der Waals surface area contributed by atoms with Crippen LogP contribution < -0.4 is 11.1 Å². The van der Waals surface area contributed by atoms with Crippen LogP contribution in [0, 0.1) is 5.41 Å². The van der Waals surface area contributed by atoms with Crippen molar-refractivity contribution in [2.75, 3.05) is 17.6 Å². The zero-order valence-electron chi connectivity index (χ0n) is 12.7. The van der Waals surface area contributed by atoms with Gasteiger partial charge in [0.25, 0.3) is 0 Å². The molecule has 0 radical (unpaired) electrons. The topological polar surface area (TPSA) is 119 Å². The molecule has 8 nitrogen and oxygen atoms in total. The highest BCUT2D eigenvalue weighted by atomic mass is 16.4. The summed E-state index contributed by atoms with van der Waals surface area (Å²) in [5, 5.41) is 16.6. The first-order chi connectivity index (χ1) is 10.5. The Bertz CT molecular complexity index is 637. The molecule has 0 unspecified atom stereocenters. The molecule has 2 aromatic heterocycles. The predicted octanol–water partition coefficient (Wildman–Crippen LogP) is 1.55.